The van der Waals surface area contributed by atoms with E-state index < -0.39 is 0 Å². The van der Waals surface area contributed by atoms with Crippen molar-refractivity contribution in [1.29, 1.82) is 0 Å². The van der Waals surface area contributed by atoms with Crippen LogP contribution in [0.25, 0.3) is 11.3 Å². The summed E-state index contributed by atoms with van der Waals surface area (Å²) < 4.78 is 15.1. The zero-order valence-electron chi connectivity index (χ0n) is 9.84. The van der Waals surface area contributed by atoms with Crippen molar-refractivity contribution in [1.82, 2.24) is 9.97 Å². The smallest absolute Gasteiger partial charge is 0.146 e. The monoisotopic (exact) mass is 326 g/mol. The van der Waals surface area contributed by atoms with Crippen molar-refractivity contribution in [3.63, 3.8) is 0 Å². The minimum atomic E-state index is -0.285. The Kier molecular flexibility index (Phi) is 4.24. The van der Waals surface area contributed by atoms with E-state index in [1.54, 1.807) is 18.2 Å². The Morgan fingerprint density at radius 1 is 1.44 bits per heavy atom. The second-order valence-corrected chi connectivity index (χ2v) is 5.15. The molecular weight excluding hydrogens is 315 g/mol. The van der Waals surface area contributed by atoms with E-state index in [-0.39, 0.29) is 5.82 Å². The van der Waals surface area contributed by atoms with Gasteiger partial charge in [-0.3, -0.25) is 0 Å². The van der Waals surface area contributed by atoms with Gasteiger partial charge < -0.3 is 4.98 Å². The molecule has 1 heterocycles. The molecule has 1 aromatic carbocycles. The molecule has 5 heteroatoms. The summed E-state index contributed by atoms with van der Waals surface area (Å²) in [5, 5.41) is 0. The lowest BCUT2D eigenvalue weighted by atomic mass is 10.0. The van der Waals surface area contributed by atoms with E-state index in [9.17, 15) is 4.39 Å². The fourth-order valence-corrected chi connectivity index (χ4v) is 2.47. The summed E-state index contributed by atoms with van der Waals surface area (Å²) in [6.07, 6.45) is 3.23. The van der Waals surface area contributed by atoms with Crippen LogP contribution in [-0.2, 0) is 6.42 Å². The number of benzene rings is 1. The number of hydrogen-bond donors (Lipinski definition) is 1. The molecule has 0 amide bonds. The van der Waals surface area contributed by atoms with E-state index in [0.29, 0.717) is 14.7 Å². The van der Waals surface area contributed by atoms with E-state index in [2.05, 4.69) is 32.8 Å². The highest BCUT2D eigenvalue weighted by atomic mass is 79.9. The average molecular weight is 327 g/mol. The molecular formula is C13H12BrFN2S. The number of nitrogens with zero attached hydrogens (tertiary/aromatic N) is 1. The van der Waals surface area contributed by atoms with Gasteiger partial charge in [-0.15, -0.1) is 0 Å². The maximum Gasteiger partial charge on any atom is 0.146 e. The van der Waals surface area contributed by atoms with Crippen LogP contribution in [0.4, 0.5) is 4.39 Å². The zero-order valence-corrected chi connectivity index (χ0v) is 12.2. The van der Waals surface area contributed by atoms with Gasteiger partial charge in [0.25, 0.3) is 0 Å². The first-order chi connectivity index (χ1) is 8.65. The van der Waals surface area contributed by atoms with Crippen molar-refractivity contribution in [2.24, 2.45) is 0 Å². The van der Waals surface area contributed by atoms with E-state index in [0.717, 1.165) is 24.1 Å². The summed E-state index contributed by atoms with van der Waals surface area (Å²) in [6, 6.07) is 5.21. The highest BCUT2D eigenvalue weighted by Crippen LogP contribution is 2.29. The molecule has 2 nitrogen and oxygen atoms in total. The van der Waals surface area contributed by atoms with E-state index in [4.69, 9.17) is 12.2 Å². The van der Waals surface area contributed by atoms with Gasteiger partial charge in [-0.05, 0) is 34.5 Å². The first-order valence-electron chi connectivity index (χ1n) is 5.66. The predicted octanol–water partition coefficient (Wildman–Crippen LogP) is 4.66. The van der Waals surface area contributed by atoms with Crippen LogP contribution in [0, 0.1) is 10.5 Å². The number of halogens is 2. The standard InChI is InChI=1S/C13H12BrFN2S/c1-2-4-9-12(16-7-17-13(9)18)8-5-3-6-10(14)11(8)15/h3,5-7H,2,4H2,1H3,(H,16,17,18). The van der Waals surface area contributed by atoms with Crippen LogP contribution in [0.5, 0.6) is 0 Å². The van der Waals surface area contributed by atoms with Crippen LogP contribution in [-0.4, -0.2) is 9.97 Å². The largest absolute Gasteiger partial charge is 0.345 e. The molecule has 2 rings (SSSR count). The maximum atomic E-state index is 14.1. The van der Waals surface area contributed by atoms with Crippen molar-refractivity contribution >= 4 is 28.1 Å². The van der Waals surface area contributed by atoms with Gasteiger partial charge in [0.1, 0.15) is 10.5 Å². The minimum absolute atomic E-state index is 0.285. The molecule has 0 atom stereocenters. The summed E-state index contributed by atoms with van der Waals surface area (Å²) in [6.45, 7) is 2.06. The molecule has 0 aliphatic rings. The van der Waals surface area contributed by atoms with Gasteiger partial charge in [-0.2, -0.15) is 0 Å². The minimum Gasteiger partial charge on any atom is -0.345 e. The van der Waals surface area contributed by atoms with Crippen LogP contribution in [0.15, 0.2) is 29.0 Å². The lowest BCUT2D eigenvalue weighted by Crippen LogP contribution is -1.98. The van der Waals surface area contributed by atoms with E-state index >= 15 is 0 Å². The highest BCUT2D eigenvalue weighted by Gasteiger charge is 2.13. The number of nitrogens with one attached hydrogen (secondary N) is 1. The van der Waals surface area contributed by atoms with Crippen molar-refractivity contribution in [3.05, 3.63) is 45.0 Å². The Bertz CT molecular complexity index is 625. The summed E-state index contributed by atoms with van der Waals surface area (Å²) in [7, 11) is 0. The molecule has 0 unspecified atom stereocenters. The van der Waals surface area contributed by atoms with Crippen molar-refractivity contribution in [2.75, 3.05) is 0 Å². The third kappa shape index (κ3) is 2.52. The third-order valence-electron chi connectivity index (χ3n) is 2.67. The molecule has 1 N–H and O–H groups in total. The first-order valence-corrected chi connectivity index (χ1v) is 6.86. The summed E-state index contributed by atoms with van der Waals surface area (Å²) in [4.78, 5) is 7.07. The molecule has 0 saturated carbocycles. The second kappa shape index (κ2) is 5.71. The Balaban J connectivity index is 2.67. The molecule has 0 aliphatic carbocycles. The molecule has 0 saturated heterocycles. The number of rotatable bonds is 3. The van der Waals surface area contributed by atoms with E-state index in [1.165, 1.54) is 6.33 Å². The Labute approximate surface area is 118 Å². The maximum absolute atomic E-state index is 14.1. The highest BCUT2D eigenvalue weighted by molar-refractivity contribution is 9.10. The summed E-state index contributed by atoms with van der Waals surface area (Å²) >= 11 is 8.41. The first kappa shape index (κ1) is 13.4. The fourth-order valence-electron chi connectivity index (χ4n) is 1.85. The van der Waals surface area contributed by atoms with Gasteiger partial charge in [0.15, 0.2) is 0 Å². The molecule has 1 aromatic heterocycles. The Morgan fingerprint density at radius 3 is 2.94 bits per heavy atom. The molecule has 0 radical (unpaired) electrons. The number of hydrogen-bond acceptors (Lipinski definition) is 2. The van der Waals surface area contributed by atoms with Crippen LogP contribution in [0.3, 0.4) is 0 Å². The van der Waals surface area contributed by atoms with Crippen LogP contribution < -0.4 is 0 Å². The fraction of sp³-hybridized carbons (Fsp3) is 0.231. The summed E-state index contributed by atoms with van der Waals surface area (Å²) in [5.74, 6) is -0.285. The lowest BCUT2D eigenvalue weighted by Gasteiger charge is -2.10. The van der Waals surface area contributed by atoms with Gasteiger partial charge in [0.2, 0.25) is 0 Å². The van der Waals surface area contributed by atoms with Gasteiger partial charge in [-0.25, -0.2) is 9.37 Å². The predicted molar refractivity (Wildman–Crippen MR) is 76.5 cm³/mol. The quantitative estimate of drug-likeness (QED) is 0.831. The number of H-pyrrole nitrogens is 1. The zero-order chi connectivity index (χ0) is 13.1. The SMILES string of the molecule is CCCc1c(-c2cccc(Br)c2F)[nH]cnc1=S. The number of aromatic amines is 1. The van der Waals surface area contributed by atoms with Crippen molar-refractivity contribution in [3.8, 4) is 11.3 Å². The van der Waals surface area contributed by atoms with Gasteiger partial charge >= 0.3 is 0 Å². The Morgan fingerprint density at radius 2 is 2.22 bits per heavy atom. The van der Waals surface area contributed by atoms with Crippen LogP contribution in [0.1, 0.15) is 18.9 Å². The molecule has 94 valence electrons. The molecule has 0 bridgehead atoms. The molecule has 0 spiro atoms. The van der Waals surface area contributed by atoms with Crippen molar-refractivity contribution < 1.29 is 4.39 Å². The van der Waals surface area contributed by atoms with Crippen molar-refractivity contribution in [2.45, 2.75) is 19.8 Å². The third-order valence-corrected chi connectivity index (χ3v) is 3.64. The lowest BCUT2D eigenvalue weighted by molar-refractivity contribution is 0.623. The normalized spacial score (nSPS) is 10.6. The average Bonchev–Trinajstić information content (AvgIpc) is 2.36. The van der Waals surface area contributed by atoms with Gasteiger partial charge in [-0.1, -0.05) is 31.6 Å². The molecule has 18 heavy (non-hydrogen) atoms. The number of aromatic nitrogens is 2. The van der Waals surface area contributed by atoms with Crippen LogP contribution >= 0.6 is 28.1 Å². The second-order valence-electron chi connectivity index (χ2n) is 3.91. The molecule has 0 fully saturated rings. The van der Waals surface area contributed by atoms with E-state index in [1.807, 2.05) is 0 Å². The topological polar surface area (TPSA) is 28.7 Å². The molecule has 0 aliphatic heterocycles. The van der Waals surface area contributed by atoms with Gasteiger partial charge in [0, 0.05) is 11.1 Å². The summed E-state index contributed by atoms with van der Waals surface area (Å²) in [5.41, 5.74) is 2.13. The van der Waals surface area contributed by atoms with Gasteiger partial charge in [0.05, 0.1) is 16.5 Å². The van der Waals surface area contributed by atoms with Crippen LogP contribution in [0.2, 0.25) is 0 Å². The molecule has 2 aromatic rings. The Hall–Kier alpha value is -1.07.